The Morgan fingerprint density at radius 3 is 2.56 bits per heavy atom. The summed E-state index contributed by atoms with van der Waals surface area (Å²) in [6.07, 6.45) is 5.17. The molecule has 7 heteroatoms. The Kier molecular flexibility index (Phi) is 6.65. The molecule has 0 bridgehead atoms. The van der Waals surface area contributed by atoms with Crippen molar-refractivity contribution in [2.24, 2.45) is 5.92 Å². The van der Waals surface area contributed by atoms with E-state index in [1.807, 2.05) is 24.3 Å². The summed E-state index contributed by atoms with van der Waals surface area (Å²) in [5.74, 6) is 1.39. The van der Waals surface area contributed by atoms with Crippen LogP contribution in [0.3, 0.4) is 0 Å². The summed E-state index contributed by atoms with van der Waals surface area (Å²) >= 11 is 0. The van der Waals surface area contributed by atoms with Gasteiger partial charge in [0.05, 0.1) is 6.54 Å². The van der Waals surface area contributed by atoms with Crippen LogP contribution in [-0.2, 0) is 23.3 Å². The number of carbonyl (C=O) groups is 1. The zero-order valence-corrected chi connectivity index (χ0v) is 19.0. The van der Waals surface area contributed by atoms with Crippen molar-refractivity contribution in [3.05, 3.63) is 65.8 Å². The third-order valence-electron chi connectivity index (χ3n) is 5.98. The highest BCUT2D eigenvalue weighted by atomic mass is 16.5. The molecule has 1 aliphatic heterocycles. The van der Waals surface area contributed by atoms with Gasteiger partial charge in [0.15, 0.2) is 0 Å². The Labute approximate surface area is 189 Å². The molecule has 1 saturated heterocycles. The number of hydrogen-bond acceptors (Lipinski definition) is 6. The van der Waals surface area contributed by atoms with Gasteiger partial charge in [-0.2, -0.15) is 4.98 Å². The fraction of sp³-hybridized carbons (Fsp3) is 0.440. The zero-order chi connectivity index (χ0) is 22.6. The summed E-state index contributed by atoms with van der Waals surface area (Å²) in [6.45, 7) is 9.39. The lowest BCUT2D eigenvalue weighted by Crippen LogP contribution is -2.40. The Bertz CT molecular complexity index is 1020. The van der Waals surface area contributed by atoms with Crippen LogP contribution in [0.4, 0.5) is 0 Å². The first-order valence-electron chi connectivity index (χ1n) is 11.2. The molecule has 3 heterocycles. The summed E-state index contributed by atoms with van der Waals surface area (Å²) in [5, 5.41) is 7.19. The number of pyridine rings is 1. The van der Waals surface area contributed by atoms with Gasteiger partial charge < -0.3 is 9.84 Å². The SMILES string of the molecule is CC(C)(C)c1ccc(-c2noc(CN3CCC(C(=O)NCc4cccnc4)CC3)n2)cc1. The maximum atomic E-state index is 12.5. The van der Waals surface area contributed by atoms with E-state index in [0.717, 1.165) is 37.1 Å². The van der Waals surface area contributed by atoms with Gasteiger partial charge in [-0.05, 0) is 48.5 Å². The molecule has 1 amide bonds. The van der Waals surface area contributed by atoms with E-state index in [4.69, 9.17) is 4.52 Å². The number of aromatic nitrogens is 3. The lowest BCUT2D eigenvalue weighted by Gasteiger charge is -2.30. The molecule has 1 fully saturated rings. The molecule has 4 rings (SSSR count). The van der Waals surface area contributed by atoms with E-state index in [0.29, 0.717) is 24.8 Å². The van der Waals surface area contributed by atoms with Gasteiger partial charge in [0.2, 0.25) is 17.6 Å². The van der Waals surface area contributed by atoms with Crippen molar-refractivity contribution >= 4 is 5.91 Å². The molecule has 1 N–H and O–H groups in total. The standard InChI is InChI=1S/C25H31N5O2/c1-25(2,3)21-8-6-19(7-9-21)23-28-22(32-29-23)17-30-13-10-20(11-14-30)24(31)27-16-18-5-4-12-26-15-18/h4-9,12,15,20H,10-11,13-14,16-17H2,1-3H3,(H,27,31). The third-order valence-corrected chi connectivity index (χ3v) is 5.98. The normalized spacial score (nSPS) is 15.6. The largest absolute Gasteiger partial charge is 0.352 e. The molecule has 1 aromatic carbocycles. The number of hydrogen-bond donors (Lipinski definition) is 1. The number of amides is 1. The van der Waals surface area contributed by atoms with Crippen molar-refractivity contribution in [1.29, 1.82) is 0 Å². The number of rotatable bonds is 6. The van der Waals surface area contributed by atoms with E-state index in [-0.39, 0.29) is 17.2 Å². The Morgan fingerprint density at radius 1 is 1.16 bits per heavy atom. The molecular formula is C25H31N5O2. The average Bonchev–Trinajstić information content (AvgIpc) is 3.27. The van der Waals surface area contributed by atoms with Crippen molar-refractivity contribution in [3.63, 3.8) is 0 Å². The second-order valence-corrected chi connectivity index (χ2v) is 9.47. The summed E-state index contributed by atoms with van der Waals surface area (Å²) < 4.78 is 5.49. The zero-order valence-electron chi connectivity index (χ0n) is 19.0. The van der Waals surface area contributed by atoms with E-state index in [1.165, 1.54) is 5.56 Å². The number of piperidine rings is 1. The predicted octanol–water partition coefficient (Wildman–Crippen LogP) is 3.96. The summed E-state index contributed by atoms with van der Waals surface area (Å²) in [5.41, 5.74) is 3.36. The van der Waals surface area contributed by atoms with E-state index in [2.05, 4.69) is 58.2 Å². The molecule has 168 valence electrons. The molecule has 0 aliphatic carbocycles. The highest BCUT2D eigenvalue weighted by Crippen LogP contribution is 2.25. The molecule has 7 nitrogen and oxygen atoms in total. The molecule has 0 atom stereocenters. The van der Waals surface area contributed by atoms with E-state index >= 15 is 0 Å². The lowest BCUT2D eigenvalue weighted by atomic mass is 9.87. The second-order valence-electron chi connectivity index (χ2n) is 9.47. The molecule has 2 aromatic heterocycles. The van der Waals surface area contributed by atoms with Crippen LogP contribution in [0.25, 0.3) is 11.4 Å². The molecule has 0 radical (unpaired) electrons. The number of likely N-dealkylation sites (tertiary alicyclic amines) is 1. The first-order chi connectivity index (χ1) is 15.4. The quantitative estimate of drug-likeness (QED) is 0.634. The van der Waals surface area contributed by atoms with E-state index in [9.17, 15) is 4.79 Å². The van der Waals surface area contributed by atoms with Crippen molar-refractivity contribution in [1.82, 2.24) is 25.3 Å². The number of nitrogens with one attached hydrogen (secondary N) is 1. The maximum absolute atomic E-state index is 12.5. The fourth-order valence-corrected chi connectivity index (χ4v) is 3.94. The van der Waals surface area contributed by atoms with Crippen molar-refractivity contribution in [2.75, 3.05) is 13.1 Å². The lowest BCUT2D eigenvalue weighted by molar-refractivity contribution is -0.126. The minimum atomic E-state index is 0.0440. The summed E-state index contributed by atoms with van der Waals surface area (Å²) in [4.78, 5) is 23.4. The first kappa shape index (κ1) is 22.1. The van der Waals surface area contributed by atoms with E-state index < -0.39 is 0 Å². The Hall–Kier alpha value is -3.06. The van der Waals surface area contributed by atoms with Gasteiger partial charge in [-0.1, -0.05) is 56.3 Å². The van der Waals surface area contributed by atoms with Gasteiger partial charge in [0, 0.05) is 30.4 Å². The molecular weight excluding hydrogens is 402 g/mol. The van der Waals surface area contributed by atoms with Gasteiger partial charge in [-0.3, -0.25) is 14.7 Å². The van der Waals surface area contributed by atoms with Crippen LogP contribution in [0.15, 0.2) is 53.3 Å². The molecule has 0 spiro atoms. The van der Waals surface area contributed by atoms with Gasteiger partial charge >= 0.3 is 0 Å². The van der Waals surface area contributed by atoms with Crippen LogP contribution >= 0.6 is 0 Å². The number of nitrogens with zero attached hydrogens (tertiary/aromatic N) is 4. The highest BCUT2D eigenvalue weighted by molar-refractivity contribution is 5.78. The molecule has 0 saturated carbocycles. The van der Waals surface area contributed by atoms with Crippen molar-refractivity contribution in [3.8, 4) is 11.4 Å². The van der Waals surface area contributed by atoms with Crippen LogP contribution in [0.2, 0.25) is 0 Å². The van der Waals surface area contributed by atoms with Gasteiger partial charge in [0.25, 0.3) is 0 Å². The molecule has 32 heavy (non-hydrogen) atoms. The number of carbonyl (C=O) groups excluding carboxylic acids is 1. The van der Waals surface area contributed by atoms with Gasteiger partial charge in [0.1, 0.15) is 0 Å². The highest BCUT2D eigenvalue weighted by Gasteiger charge is 2.26. The first-order valence-corrected chi connectivity index (χ1v) is 11.2. The van der Waals surface area contributed by atoms with Gasteiger partial charge in [-0.25, -0.2) is 0 Å². The van der Waals surface area contributed by atoms with E-state index in [1.54, 1.807) is 12.4 Å². The molecule has 0 unspecified atom stereocenters. The van der Waals surface area contributed by atoms with Crippen molar-refractivity contribution in [2.45, 2.75) is 52.1 Å². The molecule has 1 aliphatic rings. The monoisotopic (exact) mass is 433 g/mol. The summed E-state index contributed by atoms with van der Waals surface area (Å²) in [6, 6.07) is 12.2. The Morgan fingerprint density at radius 2 is 1.91 bits per heavy atom. The van der Waals surface area contributed by atoms with Crippen molar-refractivity contribution < 1.29 is 9.32 Å². The van der Waals surface area contributed by atoms with Crippen LogP contribution in [0.5, 0.6) is 0 Å². The molecule has 3 aromatic rings. The second kappa shape index (κ2) is 9.61. The Balaban J connectivity index is 1.26. The predicted molar refractivity (Wildman–Crippen MR) is 123 cm³/mol. The van der Waals surface area contributed by atoms with Crippen LogP contribution in [0, 0.1) is 5.92 Å². The average molecular weight is 434 g/mol. The minimum Gasteiger partial charge on any atom is -0.352 e. The smallest absolute Gasteiger partial charge is 0.241 e. The minimum absolute atomic E-state index is 0.0440. The third kappa shape index (κ3) is 5.59. The van der Waals surface area contributed by atoms with Gasteiger partial charge in [-0.15, -0.1) is 0 Å². The maximum Gasteiger partial charge on any atom is 0.241 e. The summed E-state index contributed by atoms with van der Waals surface area (Å²) in [7, 11) is 0. The van der Waals surface area contributed by atoms with Crippen LogP contribution < -0.4 is 5.32 Å². The number of benzene rings is 1. The van der Waals surface area contributed by atoms with Crippen LogP contribution in [-0.4, -0.2) is 39.0 Å². The van der Waals surface area contributed by atoms with Crippen LogP contribution in [0.1, 0.15) is 50.6 Å². The fourth-order valence-electron chi connectivity index (χ4n) is 3.94. The topological polar surface area (TPSA) is 84.2 Å².